The highest BCUT2D eigenvalue weighted by molar-refractivity contribution is 4.99. The summed E-state index contributed by atoms with van der Waals surface area (Å²) in [7, 11) is 1.73. The van der Waals surface area contributed by atoms with E-state index in [1.807, 2.05) is 13.8 Å². The van der Waals surface area contributed by atoms with Crippen LogP contribution in [-0.4, -0.2) is 23.3 Å². The van der Waals surface area contributed by atoms with Gasteiger partial charge in [0.25, 0.3) is 0 Å². The van der Waals surface area contributed by atoms with Crippen molar-refractivity contribution < 1.29 is 9.26 Å². The zero-order valence-corrected chi connectivity index (χ0v) is 12.1. The van der Waals surface area contributed by atoms with Crippen molar-refractivity contribution in [3.05, 3.63) is 11.7 Å². The van der Waals surface area contributed by atoms with Crippen LogP contribution in [0.4, 0.5) is 0 Å². The summed E-state index contributed by atoms with van der Waals surface area (Å²) in [6, 6.07) is 0.00368. The molecule has 0 amide bonds. The lowest BCUT2D eigenvalue weighted by atomic mass is 9.85. The van der Waals surface area contributed by atoms with E-state index in [-0.39, 0.29) is 18.1 Å². The molecular formula is C14H25N3O2. The number of nitrogens with two attached hydrogens (primary N) is 1. The van der Waals surface area contributed by atoms with Gasteiger partial charge in [-0.15, -0.1) is 0 Å². The first-order valence-corrected chi connectivity index (χ1v) is 7.25. The van der Waals surface area contributed by atoms with Crippen molar-refractivity contribution in [2.75, 3.05) is 7.11 Å². The average Bonchev–Trinajstić information content (AvgIpc) is 2.89. The predicted octanol–water partition coefficient (Wildman–Crippen LogP) is 2.79. The Bertz CT molecular complexity index is 386. The van der Waals surface area contributed by atoms with E-state index < -0.39 is 0 Å². The van der Waals surface area contributed by atoms with E-state index in [4.69, 9.17) is 15.0 Å². The van der Waals surface area contributed by atoms with Gasteiger partial charge in [0.2, 0.25) is 11.7 Å². The number of rotatable bonds is 5. The van der Waals surface area contributed by atoms with Crippen molar-refractivity contribution in [2.45, 2.75) is 64.0 Å². The normalized spacial score (nSPS) is 22.1. The molecule has 0 radical (unpaired) electrons. The smallest absolute Gasteiger partial charge is 0.231 e. The fourth-order valence-electron chi connectivity index (χ4n) is 2.72. The molecule has 2 N–H and O–H groups in total. The maximum atomic E-state index is 5.87. The number of methoxy groups -OCH3 is 1. The first-order valence-electron chi connectivity index (χ1n) is 7.25. The maximum absolute atomic E-state index is 5.87. The minimum atomic E-state index is -0.0434. The summed E-state index contributed by atoms with van der Waals surface area (Å²) in [5, 5.41) is 4.10. The van der Waals surface area contributed by atoms with Crippen molar-refractivity contribution >= 4 is 0 Å². The van der Waals surface area contributed by atoms with E-state index in [2.05, 4.69) is 10.1 Å². The van der Waals surface area contributed by atoms with Crippen LogP contribution in [0.25, 0.3) is 0 Å². The molecule has 0 saturated heterocycles. The van der Waals surface area contributed by atoms with Gasteiger partial charge in [-0.05, 0) is 25.7 Å². The lowest BCUT2D eigenvalue weighted by Gasteiger charge is -2.26. The molecule has 3 atom stereocenters. The third-order valence-corrected chi connectivity index (χ3v) is 4.22. The van der Waals surface area contributed by atoms with Crippen molar-refractivity contribution in [1.82, 2.24) is 10.1 Å². The molecule has 0 aromatic carbocycles. The number of hydrogen-bond acceptors (Lipinski definition) is 5. The molecule has 108 valence electrons. The molecule has 1 fully saturated rings. The maximum Gasteiger partial charge on any atom is 0.231 e. The van der Waals surface area contributed by atoms with Crippen LogP contribution in [0.2, 0.25) is 0 Å². The number of hydrogen-bond donors (Lipinski definition) is 1. The van der Waals surface area contributed by atoms with Crippen LogP contribution in [0, 0.1) is 5.92 Å². The van der Waals surface area contributed by atoms with Crippen molar-refractivity contribution in [3.8, 4) is 0 Å². The number of nitrogens with zero attached hydrogens (tertiary/aromatic N) is 2. The van der Waals surface area contributed by atoms with Crippen LogP contribution >= 0.6 is 0 Å². The Labute approximate surface area is 114 Å². The molecule has 0 bridgehead atoms. The average molecular weight is 267 g/mol. The molecular weight excluding hydrogens is 242 g/mol. The summed E-state index contributed by atoms with van der Waals surface area (Å²) in [6.07, 6.45) is 6.19. The summed E-state index contributed by atoms with van der Waals surface area (Å²) in [6.45, 7) is 3.95. The highest BCUT2D eigenvalue weighted by Gasteiger charge is 2.30. The minimum absolute atomic E-state index is 0.00368. The topological polar surface area (TPSA) is 74.2 Å². The molecule has 1 aromatic rings. The first-order chi connectivity index (χ1) is 9.13. The Morgan fingerprint density at radius 3 is 2.53 bits per heavy atom. The van der Waals surface area contributed by atoms with Crippen LogP contribution in [0.3, 0.4) is 0 Å². The van der Waals surface area contributed by atoms with E-state index in [1.165, 1.54) is 32.1 Å². The molecule has 2 rings (SSSR count). The molecule has 1 aliphatic carbocycles. The van der Waals surface area contributed by atoms with Crippen LogP contribution in [0.15, 0.2) is 4.52 Å². The second-order valence-corrected chi connectivity index (χ2v) is 5.69. The summed E-state index contributed by atoms with van der Waals surface area (Å²) in [5.74, 6) is 1.87. The minimum Gasteiger partial charge on any atom is -0.373 e. The van der Waals surface area contributed by atoms with Crippen molar-refractivity contribution in [3.63, 3.8) is 0 Å². The third kappa shape index (κ3) is 3.34. The highest BCUT2D eigenvalue weighted by Crippen LogP contribution is 2.35. The molecule has 19 heavy (non-hydrogen) atoms. The Hall–Kier alpha value is -0.940. The van der Waals surface area contributed by atoms with Crippen molar-refractivity contribution in [2.24, 2.45) is 11.7 Å². The van der Waals surface area contributed by atoms with E-state index in [0.717, 1.165) is 0 Å². The molecule has 5 nitrogen and oxygen atoms in total. The fourth-order valence-corrected chi connectivity index (χ4v) is 2.72. The number of ether oxygens (including phenoxy) is 1. The van der Waals surface area contributed by atoms with Crippen LogP contribution in [-0.2, 0) is 4.74 Å². The lowest BCUT2D eigenvalue weighted by molar-refractivity contribution is 0.0273. The third-order valence-electron chi connectivity index (χ3n) is 4.22. The quantitative estimate of drug-likeness (QED) is 0.888. The number of aromatic nitrogens is 2. The van der Waals surface area contributed by atoms with Crippen LogP contribution in [0.5, 0.6) is 0 Å². The summed E-state index contributed by atoms with van der Waals surface area (Å²) < 4.78 is 11.0. The van der Waals surface area contributed by atoms with Gasteiger partial charge in [0.15, 0.2) is 0 Å². The largest absolute Gasteiger partial charge is 0.373 e. The van der Waals surface area contributed by atoms with Crippen molar-refractivity contribution in [1.29, 1.82) is 0 Å². The lowest BCUT2D eigenvalue weighted by Crippen LogP contribution is -2.23. The van der Waals surface area contributed by atoms with Gasteiger partial charge in [0.05, 0.1) is 5.92 Å². The molecule has 0 aliphatic heterocycles. The Kier molecular flexibility index (Phi) is 4.93. The van der Waals surface area contributed by atoms with Gasteiger partial charge in [-0.3, -0.25) is 0 Å². The van der Waals surface area contributed by atoms with E-state index in [0.29, 0.717) is 17.6 Å². The Morgan fingerprint density at radius 2 is 1.95 bits per heavy atom. The summed E-state index contributed by atoms with van der Waals surface area (Å²) in [5.41, 5.74) is 5.87. The summed E-state index contributed by atoms with van der Waals surface area (Å²) >= 11 is 0. The van der Waals surface area contributed by atoms with E-state index in [1.54, 1.807) is 7.11 Å². The van der Waals surface area contributed by atoms with E-state index in [9.17, 15) is 0 Å². The molecule has 3 unspecified atom stereocenters. The molecule has 1 aliphatic rings. The van der Waals surface area contributed by atoms with Gasteiger partial charge in [0, 0.05) is 13.2 Å². The van der Waals surface area contributed by atoms with Gasteiger partial charge >= 0.3 is 0 Å². The molecule has 5 heteroatoms. The predicted molar refractivity (Wildman–Crippen MR) is 72.7 cm³/mol. The summed E-state index contributed by atoms with van der Waals surface area (Å²) in [4.78, 5) is 4.50. The monoisotopic (exact) mass is 267 g/mol. The highest BCUT2D eigenvalue weighted by atomic mass is 16.5. The first kappa shape index (κ1) is 14.5. The Morgan fingerprint density at radius 1 is 1.26 bits per heavy atom. The fraction of sp³-hybridized carbons (Fsp3) is 0.857. The molecule has 1 aromatic heterocycles. The zero-order chi connectivity index (χ0) is 13.8. The van der Waals surface area contributed by atoms with Crippen LogP contribution in [0.1, 0.15) is 69.7 Å². The van der Waals surface area contributed by atoms with Gasteiger partial charge in [-0.1, -0.05) is 31.3 Å². The SMILES string of the molecule is COC(c1noc(C(C)C(C)N)n1)C1CCCCC1. The van der Waals surface area contributed by atoms with Gasteiger partial charge in [0.1, 0.15) is 6.10 Å². The molecule has 1 saturated carbocycles. The second kappa shape index (κ2) is 6.48. The molecule has 0 spiro atoms. The second-order valence-electron chi connectivity index (χ2n) is 5.69. The van der Waals surface area contributed by atoms with E-state index >= 15 is 0 Å². The zero-order valence-electron chi connectivity index (χ0n) is 12.1. The van der Waals surface area contributed by atoms with Crippen LogP contribution < -0.4 is 5.73 Å². The molecule has 1 heterocycles. The van der Waals surface area contributed by atoms with Gasteiger partial charge in [-0.2, -0.15) is 4.98 Å². The Balaban J connectivity index is 2.10. The van der Waals surface area contributed by atoms with Gasteiger partial charge < -0.3 is 15.0 Å². The standard InChI is InChI=1S/C14H25N3O2/c1-9(10(2)15)14-16-13(17-19-14)12(18-3)11-7-5-4-6-8-11/h9-12H,4-8,15H2,1-3H3. The van der Waals surface area contributed by atoms with Gasteiger partial charge in [-0.25, -0.2) is 0 Å².